The van der Waals surface area contributed by atoms with Gasteiger partial charge in [0, 0.05) is 13.2 Å². The maximum absolute atomic E-state index is 13.2. The smallest absolute Gasteiger partial charge is 0.421 e. The first-order valence-electron chi connectivity index (χ1n) is 6.82. The Kier molecular flexibility index (Phi) is 4.92. The zero-order valence-corrected chi connectivity index (χ0v) is 12.9. The van der Waals surface area contributed by atoms with Crippen LogP contribution in [0, 0.1) is 0 Å². The summed E-state index contributed by atoms with van der Waals surface area (Å²) in [4.78, 5) is 8.70. The fourth-order valence-electron chi connectivity index (χ4n) is 2.04. The second kappa shape index (κ2) is 6.72. The molecule has 2 rings (SSSR count). The summed E-state index contributed by atoms with van der Waals surface area (Å²) in [7, 11) is 2.77. The highest BCUT2D eigenvalue weighted by atomic mass is 19.4. The van der Waals surface area contributed by atoms with E-state index in [1.54, 1.807) is 31.2 Å². The lowest BCUT2D eigenvalue weighted by atomic mass is 10.2. The van der Waals surface area contributed by atoms with Crippen molar-refractivity contribution < 1.29 is 22.6 Å². The number of anilines is 2. The predicted octanol–water partition coefficient (Wildman–Crippen LogP) is 3.67. The Morgan fingerprint density at radius 2 is 1.91 bits per heavy atom. The highest BCUT2D eigenvalue weighted by Gasteiger charge is 2.37. The lowest BCUT2D eigenvalue weighted by molar-refractivity contribution is -0.137. The lowest BCUT2D eigenvalue weighted by Gasteiger charge is -2.24. The van der Waals surface area contributed by atoms with Gasteiger partial charge in [-0.25, -0.2) is 4.98 Å². The number of halogens is 3. The molecule has 0 saturated heterocycles. The zero-order valence-electron chi connectivity index (χ0n) is 12.9. The monoisotopic (exact) mass is 327 g/mol. The Bertz CT molecular complexity index is 677. The van der Waals surface area contributed by atoms with Gasteiger partial charge in [-0.1, -0.05) is 12.1 Å². The molecule has 124 valence electrons. The van der Waals surface area contributed by atoms with Gasteiger partial charge in [0.2, 0.25) is 0 Å². The SMILES string of the molecule is CCOc1ccccc1N(C)c1nc(OC)ncc1C(F)(F)F. The van der Waals surface area contributed by atoms with Crippen LogP contribution in [-0.4, -0.2) is 30.7 Å². The van der Waals surface area contributed by atoms with E-state index in [9.17, 15) is 13.2 Å². The average Bonchev–Trinajstić information content (AvgIpc) is 2.53. The van der Waals surface area contributed by atoms with Crippen molar-refractivity contribution in [3.05, 3.63) is 36.0 Å². The van der Waals surface area contributed by atoms with E-state index < -0.39 is 11.7 Å². The predicted molar refractivity (Wildman–Crippen MR) is 79.3 cm³/mol. The number of rotatable bonds is 5. The zero-order chi connectivity index (χ0) is 17.0. The summed E-state index contributed by atoms with van der Waals surface area (Å²) in [5.41, 5.74) is -0.493. The van der Waals surface area contributed by atoms with Gasteiger partial charge in [-0.05, 0) is 19.1 Å². The van der Waals surface area contributed by atoms with Gasteiger partial charge in [-0.3, -0.25) is 0 Å². The van der Waals surface area contributed by atoms with Crippen LogP contribution in [0.5, 0.6) is 11.8 Å². The van der Waals surface area contributed by atoms with E-state index in [0.717, 1.165) is 0 Å². The molecule has 2 aromatic rings. The Morgan fingerprint density at radius 1 is 1.22 bits per heavy atom. The number of benzene rings is 1. The normalized spacial score (nSPS) is 11.2. The van der Waals surface area contributed by atoms with Crippen molar-refractivity contribution in [1.29, 1.82) is 0 Å². The number of para-hydroxylation sites is 2. The molecule has 0 aliphatic rings. The number of alkyl halides is 3. The largest absolute Gasteiger partial charge is 0.492 e. The van der Waals surface area contributed by atoms with Crippen LogP contribution in [-0.2, 0) is 6.18 Å². The summed E-state index contributed by atoms with van der Waals surface area (Å²) in [6, 6.07) is 6.64. The molecule has 0 N–H and O–H groups in total. The Morgan fingerprint density at radius 3 is 2.52 bits per heavy atom. The van der Waals surface area contributed by atoms with E-state index in [0.29, 0.717) is 24.2 Å². The Hall–Kier alpha value is -2.51. The standard InChI is InChI=1S/C15H16F3N3O2/c1-4-23-12-8-6-5-7-11(12)21(2)13-10(15(16,17)18)9-19-14(20-13)22-3/h5-9H,4H2,1-3H3. The van der Waals surface area contributed by atoms with Crippen LogP contribution in [0.15, 0.2) is 30.5 Å². The molecule has 1 aromatic carbocycles. The molecule has 0 atom stereocenters. The van der Waals surface area contributed by atoms with E-state index >= 15 is 0 Å². The van der Waals surface area contributed by atoms with Crippen LogP contribution in [0.4, 0.5) is 24.7 Å². The van der Waals surface area contributed by atoms with Gasteiger partial charge in [0.05, 0.1) is 19.4 Å². The van der Waals surface area contributed by atoms with Gasteiger partial charge < -0.3 is 14.4 Å². The van der Waals surface area contributed by atoms with Crippen molar-refractivity contribution in [2.24, 2.45) is 0 Å². The van der Waals surface area contributed by atoms with Crippen LogP contribution in [0.25, 0.3) is 0 Å². The molecule has 0 radical (unpaired) electrons. The van der Waals surface area contributed by atoms with Crippen molar-refractivity contribution in [2.45, 2.75) is 13.1 Å². The third-order valence-electron chi connectivity index (χ3n) is 3.08. The van der Waals surface area contributed by atoms with Crippen molar-refractivity contribution in [2.75, 3.05) is 25.7 Å². The molecule has 8 heteroatoms. The first-order chi connectivity index (χ1) is 10.9. The summed E-state index contributed by atoms with van der Waals surface area (Å²) in [6.45, 7) is 2.19. The third kappa shape index (κ3) is 3.64. The van der Waals surface area contributed by atoms with Crippen LogP contribution in [0.1, 0.15) is 12.5 Å². The van der Waals surface area contributed by atoms with Crippen LogP contribution in [0.2, 0.25) is 0 Å². The molecule has 23 heavy (non-hydrogen) atoms. The minimum absolute atomic E-state index is 0.145. The van der Waals surface area contributed by atoms with Crippen molar-refractivity contribution in [3.8, 4) is 11.8 Å². The molecule has 0 fully saturated rings. The minimum atomic E-state index is -4.59. The third-order valence-corrected chi connectivity index (χ3v) is 3.08. The van der Waals surface area contributed by atoms with Crippen molar-refractivity contribution in [3.63, 3.8) is 0 Å². The maximum atomic E-state index is 13.2. The Labute approximate surface area is 131 Å². The second-order valence-electron chi connectivity index (χ2n) is 4.55. The number of ether oxygens (including phenoxy) is 2. The number of nitrogens with zero attached hydrogens (tertiary/aromatic N) is 3. The lowest BCUT2D eigenvalue weighted by Crippen LogP contribution is -2.19. The summed E-state index contributed by atoms with van der Waals surface area (Å²) < 4.78 is 50.0. The molecule has 0 unspecified atom stereocenters. The van der Waals surface area contributed by atoms with Gasteiger partial charge in [0.15, 0.2) is 5.82 Å². The molecule has 0 bridgehead atoms. The van der Waals surface area contributed by atoms with Crippen LogP contribution in [0.3, 0.4) is 0 Å². The van der Waals surface area contributed by atoms with E-state index in [-0.39, 0.29) is 11.8 Å². The minimum Gasteiger partial charge on any atom is -0.492 e. The summed E-state index contributed by atoms with van der Waals surface area (Å²) in [6.07, 6.45) is -3.88. The fraction of sp³-hybridized carbons (Fsp3) is 0.333. The molecule has 1 heterocycles. The number of hydrogen-bond acceptors (Lipinski definition) is 5. The number of methoxy groups -OCH3 is 1. The molecular formula is C15H16F3N3O2. The van der Waals surface area contributed by atoms with Gasteiger partial charge in [-0.15, -0.1) is 0 Å². The summed E-state index contributed by atoms with van der Waals surface area (Å²) >= 11 is 0. The first kappa shape index (κ1) is 16.9. The molecule has 0 spiro atoms. The number of hydrogen-bond donors (Lipinski definition) is 0. The highest BCUT2D eigenvalue weighted by Crippen LogP contribution is 2.39. The molecule has 5 nitrogen and oxygen atoms in total. The van der Waals surface area contributed by atoms with Gasteiger partial charge >= 0.3 is 12.2 Å². The van der Waals surface area contributed by atoms with Crippen LogP contribution < -0.4 is 14.4 Å². The van der Waals surface area contributed by atoms with E-state index in [1.807, 2.05) is 0 Å². The fourth-order valence-corrected chi connectivity index (χ4v) is 2.04. The Balaban J connectivity index is 2.56. The van der Waals surface area contributed by atoms with Crippen LogP contribution >= 0.6 is 0 Å². The molecule has 0 aliphatic heterocycles. The van der Waals surface area contributed by atoms with Crippen molar-refractivity contribution >= 4 is 11.5 Å². The van der Waals surface area contributed by atoms with E-state index in [2.05, 4.69) is 9.97 Å². The average molecular weight is 327 g/mol. The van der Waals surface area contributed by atoms with Gasteiger partial charge in [0.25, 0.3) is 0 Å². The first-order valence-corrected chi connectivity index (χ1v) is 6.82. The highest BCUT2D eigenvalue weighted by molar-refractivity contribution is 5.68. The van der Waals surface area contributed by atoms with Crippen molar-refractivity contribution in [1.82, 2.24) is 9.97 Å². The van der Waals surface area contributed by atoms with E-state index in [1.165, 1.54) is 19.1 Å². The topological polar surface area (TPSA) is 47.5 Å². The molecular weight excluding hydrogens is 311 g/mol. The number of aromatic nitrogens is 2. The molecule has 0 saturated carbocycles. The van der Waals surface area contributed by atoms with Gasteiger partial charge in [0.1, 0.15) is 11.3 Å². The van der Waals surface area contributed by atoms with E-state index in [4.69, 9.17) is 9.47 Å². The second-order valence-corrected chi connectivity index (χ2v) is 4.55. The maximum Gasteiger partial charge on any atom is 0.421 e. The summed E-state index contributed by atoms with van der Waals surface area (Å²) in [5.74, 6) is 0.153. The quantitative estimate of drug-likeness (QED) is 0.838. The molecule has 0 aliphatic carbocycles. The molecule has 0 amide bonds. The molecule has 1 aromatic heterocycles. The van der Waals surface area contributed by atoms with Gasteiger partial charge in [-0.2, -0.15) is 18.2 Å². The summed E-state index contributed by atoms with van der Waals surface area (Å²) in [5, 5.41) is 0.